The Morgan fingerprint density at radius 1 is 1.19 bits per heavy atom. The van der Waals surface area contributed by atoms with Gasteiger partial charge in [0.15, 0.2) is 0 Å². The van der Waals surface area contributed by atoms with Gasteiger partial charge < -0.3 is 9.64 Å². The third-order valence-electron chi connectivity index (χ3n) is 4.30. The molecule has 0 amide bonds. The average Bonchev–Trinajstić information content (AvgIpc) is 3.08. The predicted octanol–water partition coefficient (Wildman–Crippen LogP) is 1.59. The van der Waals surface area contributed by atoms with Gasteiger partial charge in [0.1, 0.15) is 5.72 Å². The highest BCUT2D eigenvalue weighted by atomic mass is 16.5. The molecule has 2 saturated heterocycles. The molecule has 0 aromatic rings. The Bertz CT molecular complexity index is 253. The predicted molar refractivity (Wildman–Crippen MR) is 64.3 cm³/mol. The number of nitrogens with zero attached hydrogens (tertiary/aromatic N) is 1. The maximum atomic E-state index is 6.13. The molecule has 3 aliphatic rings. The Morgan fingerprint density at radius 3 is 2.38 bits per heavy atom. The molecule has 2 heterocycles. The second-order valence-corrected chi connectivity index (χ2v) is 6.57. The van der Waals surface area contributed by atoms with Gasteiger partial charge in [-0.2, -0.15) is 0 Å². The minimum absolute atomic E-state index is 0.0148. The van der Waals surface area contributed by atoms with E-state index < -0.39 is 0 Å². The summed E-state index contributed by atoms with van der Waals surface area (Å²) in [4.78, 5) is 2.65. The number of rotatable bonds is 1. The van der Waals surface area contributed by atoms with Gasteiger partial charge in [0.05, 0.1) is 6.61 Å². The minimum Gasteiger partial charge on any atom is -0.360 e. The molecule has 0 aromatic heterocycles. The standard InChI is InChI=1S/C13H24N2O/c1-12(2)9-14-13(16-10-12)5-7-15(8-6-13)11-3-4-11/h11,14H,3-10H2,1-2H3. The number of hydrogen-bond donors (Lipinski definition) is 1. The van der Waals surface area contributed by atoms with Crippen molar-refractivity contribution in [3.63, 3.8) is 0 Å². The van der Waals surface area contributed by atoms with Crippen LogP contribution < -0.4 is 5.32 Å². The van der Waals surface area contributed by atoms with E-state index in [1.54, 1.807) is 0 Å². The Kier molecular flexibility index (Phi) is 2.54. The summed E-state index contributed by atoms with van der Waals surface area (Å²) >= 11 is 0. The van der Waals surface area contributed by atoms with E-state index in [0.29, 0.717) is 5.41 Å². The zero-order valence-corrected chi connectivity index (χ0v) is 10.6. The molecule has 1 aliphatic carbocycles. The van der Waals surface area contributed by atoms with Crippen molar-refractivity contribution in [2.75, 3.05) is 26.2 Å². The van der Waals surface area contributed by atoms with Crippen LogP contribution in [0.1, 0.15) is 39.5 Å². The van der Waals surface area contributed by atoms with Gasteiger partial charge in [0.25, 0.3) is 0 Å². The number of likely N-dealkylation sites (tertiary alicyclic amines) is 1. The molecular formula is C13H24N2O. The summed E-state index contributed by atoms with van der Waals surface area (Å²) in [5.41, 5.74) is 0.319. The van der Waals surface area contributed by atoms with E-state index in [4.69, 9.17) is 4.74 Å². The first-order chi connectivity index (χ1) is 7.59. The summed E-state index contributed by atoms with van der Waals surface area (Å²) in [5.74, 6) is 0. The van der Waals surface area contributed by atoms with Crippen LogP contribution in [0.5, 0.6) is 0 Å². The highest BCUT2D eigenvalue weighted by Gasteiger charge is 2.43. The Balaban J connectivity index is 1.56. The van der Waals surface area contributed by atoms with Crippen LogP contribution >= 0.6 is 0 Å². The van der Waals surface area contributed by atoms with E-state index in [1.165, 1.54) is 38.8 Å². The smallest absolute Gasteiger partial charge is 0.121 e. The summed E-state index contributed by atoms with van der Waals surface area (Å²) in [6, 6.07) is 0.914. The normalized spacial score (nSPS) is 34.1. The van der Waals surface area contributed by atoms with Crippen molar-refractivity contribution in [1.29, 1.82) is 0 Å². The molecule has 0 atom stereocenters. The Labute approximate surface area is 98.5 Å². The highest BCUT2D eigenvalue weighted by molar-refractivity contribution is 4.95. The van der Waals surface area contributed by atoms with Gasteiger partial charge >= 0.3 is 0 Å². The fourth-order valence-electron chi connectivity index (χ4n) is 2.85. The molecule has 3 nitrogen and oxygen atoms in total. The van der Waals surface area contributed by atoms with E-state index >= 15 is 0 Å². The first-order valence-corrected chi connectivity index (χ1v) is 6.72. The van der Waals surface area contributed by atoms with Crippen molar-refractivity contribution < 1.29 is 4.74 Å². The lowest BCUT2D eigenvalue weighted by Gasteiger charge is -2.48. The monoisotopic (exact) mass is 224 g/mol. The molecular weight excluding hydrogens is 200 g/mol. The van der Waals surface area contributed by atoms with Gasteiger partial charge in [-0.15, -0.1) is 0 Å². The van der Waals surface area contributed by atoms with Crippen molar-refractivity contribution in [3.05, 3.63) is 0 Å². The topological polar surface area (TPSA) is 24.5 Å². The number of piperidine rings is 1. The molecule has 3 fully saturated rings. The summed E-state index contributed by atoms with van der Waals surface area (Å²) in [6.07, 6.45) is 5.18. The first-order valence-electron chi connectivity index (χ1n) is 6.72. The van der Waals surface area contributed by atoms with Crippen molar-refractivity contribution >= 4 is 0 Å². The molecule has 0 radical (unpaired) electrons. The van der Waals surface area contributed by atoms with Crippen LogP contribution in [0.15, 0.2) is 0 Å². The van der Waals surface area contributed by atoms with E-state index in [-0.39, 0.29) is 5.72 Å². The maximum Gasteiger partial charge on any atom is 0.121 e. The Morgan fingerprint density at radius 2 is 1.88 bits per heavy atom. The molecule has 16 heavy (non-hydrogen) atoms. The van der Waals surface area contributed by atoms with Crippen molar-refractivity contribution in [2.24, 2.45) is 5.41 Å². The van der Waals surface area contributed by atoms with Crippen molar-refractivity contribution in [3.8, 4) is 0 Å². The maximum absolute atomic E-state index is 6.13. The van der Waals surface area contributed by atoms with E-state index in [9.17, 15) is 0 Å². The van der Waals surface area contributed by atoms with Gasteiger partial charge in [-0.1, -0.05) is 13.8 Å². The van der Waals surface area contributed by atoms with Gasteiger partial charge in [0.2, 0.25) is 0 Å². The zero-order chi connectivity index (χ0) is 11.2. The quantitative estimate of drug-likeness (QED) is 0.732. The van der Waals surface area contributed by atoms with Crippen LogP contribution in [-0.4, -0.2) is 42.9 Å². The first kappa shape index (κ1) is 11.0. The van der Waals surface area contributed by atoms with Crippen LogP contribution in [0.4, 0.5) is 0 Å². The lowest BCUT2D eigenvalue weighted by Crippen LogP contribution is -2.61. The van der Waals surface area contributed by atoms with Gasteiger partial charge in [0, 0.05) is 43.9 Å². The average molecular weight is 224 g/mol. The SMILES string of the molecule is CC1(C)CNC2(CCN(C3CC3)CC2)OC1. The second-order valence-electron chi connectivity index (χ2n) is 6.57. The molecule has 0 aromatic carbocycles. The van der Waals surface area contributed by atoms with Crippen LogP contribution in [0, 0.1) is 5.41 Å². The van der Waals surface area contributed by atoms with Crippen molar-refractivity contribution in [1.82, 2.24) is 10.2 Å². The number of nitrogens with one attached hydrogen (secondary N) is 1. The molecule has 1 saturated carbocycles. The van der Waals surface area contributed by atoms with Gasteiger partial charge in [-0.05, 0) is 12.8 Å². The molecule has 3 heteroatoms. The zero-order valence-electron chi connectivity index (χ0n) is 10.6. The number of ether oxygens (including phenoxy) is 1. The minimum atomic E-state index is 0.0148. The largest absolute Gasteiger partial charge is 0.360 e. The van der Waals surface area contributed by atoms with Crippen LogP contribution in [0.2, 0.25) is 0 Å². The summed E-state index contributed by atoms with van der Waals surface area (Å²) in [5, 5.41) is 3.66. The summed E-state index contributed by atoms with van der Waals surface area (Å²) < 4.78 is 6.13. The summed E-state index contributed by atoms with van der Waals surface area (Å²) in [7, 11) is 0. The van der Waals surface area contributed by atoms with Gasteiger partial charge in [-0.3, -0.25) is 5.32 Å². The lowest BCUT2D eigenvalue weighted by atomic mass is 9.89. The van der Waals surface area contributed by atoms with Crippen LogP contribution in [0.3, 0.4) is 0 Å². The van der Waals surface area contributed by atoms with E-state index in [0.717, 1.165) is 19.2 Å². The molecule has 0 bridgehead atoms. The molecule has 0 unspecified atom stereocenters. The molecule has 1 spiro atoms. The molecule has 92 valence electrons. The second kappa shape index (κ2) is 3.69. The lowest BCUT2D eigenvalue weighted by molar-refractivity contribution is -0.161. The van der Waals surface area contributed by atoms with Gasteiger partial charge in [-0.25, -0.2) is 0 Å². The molecule has 2 aliphatic heterocycles. The fourth-order valence-corrected chi connectivity index (χ4v) is 2.85. The highest BCUT2D eigenvalue weighted by Crippen LogP contribution is 2.35. The van der Waals surface area contributed by atoms with Crippen LogP contribution in [-0.2, 0) is 4.74 Å². The van der Waals surface area contributed by atoms with E-state index in [2.05, 4.69) is 24.1 Å². The van der Waals surface area contributed by atoms with Crippen molar-refractivity contribution in [2.45, 2.75) is 51.3 Å². The Hall–Kier alpha value is -0.120. The third kappa shape index (κ3) is 2.13. The molecule has 3 rings (SSSR count). The summed E-state index contributed by atoms with van der Waals surface area (Å²) in [6.45, 7) is 8.98. The number of hydrogen-bond acceptors (Lipinski definition) is 3. The third-order valence-corrected chi connectivity index (χ3v) is 4.30. The molecule has 1 N–H and O–H groups in total. The van der Waals surface area contributed by atoms with Crippen LogP contribution in [0.25, 0.3) is 0 Å². The van der Waals surface area contributed by atoms with E-state index in [1.807, 2.05) is 0 Å². The fraction of sp³-hybridized carbons (Fsp3) is 1.00.